The predicted molar refractivity (Wildman–Crippen MR) is 116 cm³/mol. The van der Waals surface area contributed by atoms with Gasteiger partial charge < -0.3 is 14.4 Å². The van der Waals surface area contributed by atoms with Crippen molar-refractivity contribution in [3.8, 4) is 5.75 Å². The summed E-state index contributed by atoms with van der Waals surface area (Å²) in [6, 6.07) is 16.9. The number of para-hydroxylation sites is 1. The van der Waals surface area contributed by atoms with E-state index in [1.165, 1.54) is 0 Å². The van der Waals surface area contributed by atoms with Gasteiger partial charge in [0.05, 0.1) is 18.7 Å². The maximum absolute atomic E-state index is 13.3. The van der Waals surface area contributed by atoms with Crippen LogP contribution in [0, 0.1) is 6.92 Å². The topological polar surface area (TPSA) is 98.0 Å². The molecule has 1 unspecified atom stereocenters. The summed E-state index contributed by atoms with van der Waals surface area (Å²) in [6.45, 7) is 3.73. The Bertz CT molecular complexity index is 1160. The molecule has 33 heavy (non-hydrogen) atoms. The third-order valence-corrected chi connectivity index (χ3v) is 6.09. The number of rotatable bonds is 6. The molecule has 3 aromatic rings. The molecule has 2 fully saturated rings. The highest BCUT2D eigenvalue weighted by Gasteiger charge is 2.50. The Kier molecular flexibility index (Phi) is 5.45. The van der Waals surface area contributed by atoms with Gasteiger partial charge in [0.25, 0.3) is 5.91 Å². The van der Waals surface area contributed by atoms with E-state index >= 15 is 0 Å². The van der Waals surface area contributed by atoms with Gasteiger partial charge in [-0.1, -0.05) is 52.8 Å². The monoisotopic (exact) mass is 448 g/mol. The smallest absolute Gasteiger partial charge is 0.410 e. The lowest BCUT2D eigenvalue weighted by Crippen LogP contribution is -2.39. The van der Waals surface area contributed by atoms with Crippen molar-refractivity contribution in [1.82, 2.24) is 20.1 Å². The molecule has 1 aromatic heterocycles. The van der Waals surface area contributed by atoms with Crippen molar-refractivity contribution in [2.75, 3.05) is 19.6 Å². The molecule has 2 aliphatic heterocycles. The van der Waals surface area contributed by atoms with Crippen molar-refractivity contribution in [2.45, 2.75) is 32.1 Å². The minimum Gasteiger partial charge on any atom is -0.486 e. The van der Waals surface area contributed by atoms with Crippen molar-refractivity contribution in [2.24, 2.45) is 0 Å². The number of nitrogens with zero attached hydrogens (tertiary/aromatic N) is 4. The molecule has 1 atom stereocenters. The molecule has 5 rings (SSSR count). The second-order valence-corrected chi connectivity index (χ2v) is 8.45. The molecule has 0 aliphatic carbocycles. The Balaban J connectivity index is 1.26. The molecule has 1 spiro atoms. The van der Waals surface area contributed by atoms with Crippen LogP contribution in [0.5, 0.6) is 5.75 Å². The van der Waals surface area contributed by atoms with Gasteiger partial charge in [0.1, 0.15) is 23.7 Å². The highest BCUT2D eigenvalue weighted by molar-refractivity contribution is 5.97. The number of hydrogen-bond donors (Lipinski definition) is 0. The van der Waals surface area contributed by atoms with Crippen LogP contribution in [0.4, 0.5) is 4.79 Å². The van der Waals surface area contributed by atoms with E-state index in [-0.39, 0.29) is 18.6 Å². The van der Waals surface area contributed by atoms with Gasteiger partial charge >= 0.3 is 6.09 Å². The maximum Gasteiger partial charge on any atom is 0.410 e. The van der Waals surface area contributed by atoms with Crippen LogP contribution in [0.25, 0.3) is 0 Å². The van der Waals surface area contributed by atoms with Crippen LogP contribution in [-0.4, -0.2) is 57.3 Å². The summed E-state index contributed by atoms with van der Waals surface area (Å²) in [5, 5.41) is 7.56. The lowest BCUT2D eigenvalue weighted by molar-refractivity contribution is 0.0550. The molecule has 2 aromatic carbocycles. The third-order valence-electron chi connectivity index (χ3n) is 6.09. The van der Waals surface area contributed by atoms with Crippen LogP contribution in [-0.2, 0) is 17.9 Å². The van der Waals surface area contributed by atoms with Crippen molar-refractivity contribution in [3.63, 3.8) is 0 Å². The number of carbonyl (C=O) groups excluding carboxylic acids is 2. The molecule has 2 saturated heterocycles. The first-order valence-electron chi connectivity index (χ1n) is 10.8. The summed E-state index contributed by atoms with van der Waals surface area (Å²) in [5.74, 6) is 0.301. The molecule has 9 heteroatoms. The normalized spacial score (nSPS) is 19.8. The van der Waals surface area contributed by atoms with Crippen molar-refractivity contribution in [3.05, 3.63) is 77.1 Å². The second-order valence-electron chi connectivity index (χ2n) is 8.45. The highest BCUT2D eigenvalue weighted by atomic mass is 16.6. The number of carbonyl (C=O) groups is 2. The van der Waals surface area contributed by atoms with Gasteiger partial charge in [-0.15, -0.1) is 0 Å². The minimum atomic E-state index is -0.680. The van der Waals surface area contributed by atoms with Crippen LogP contribution in [0.1, 0.15) is 33.7 Å². The van der Waals surface area contributed by atoms with Crippen LogP contribution >= 0.6 is 0 Å². The van der Waals surface area contributed by atoms with E-state index in [2.05, 4.69) is 10.3 Å². The third kappa shape index (κ3) is 4.26. The lowest BCUT2D eigenvalue weighted by Gasteiger charge is -2.23. The Labute approximate surface area is 190 Å². The van der Waals surface area contributed by atoms with Gasteiger partial charge in [0.2, 0.25) is 0 Å². The van der Waals surface area contributed by atoms with Gasteiger partial charge in [-0.05, 0) is 24.6 Å². The molecular weight excluding hydrogens is 424 g/mol. The first-order chi connectivity index (χ1) is 16.0. The molecule has 0 N–H and O–H groups in total. The largest absolute Gasteiger partial charge is 0.486 e. The molecule has 3 heterocycles. The van der Waals surface area contributed by atoms with Crippen LogP contribution in [0.15, 0.2) is 59.2 Å². The van der Waals surface area contributed by atoms with Crippen molar-refractivity contribution >= 4 is 12.0 Å². The van der Waals surface area contributed by atoms with E-state index in [1.54, 1.807) is 34.9 Å². The zero-order chi connectivity index (χ0) is 22.8. The first-order valence-corrected chi connectivity index (χ1v) is 10.8. The first kappa shape index (κ1) is 21.0. The maximum atomic E-state index is 13.3. The van der Waals surface area contributed by atoms with Crippen LogP contribution in [0.2, 0.25) is 0 Å². The van der Waals surface area contributed by atoms with Crippen molar-refractivity contribution in [1.29, 1.82) is 0 Å². The van der Waals surface area contributed by atoms with Crippen molar-refractivity contribution < 1.29 is 23.7 Å². The standard InChI is InChI=1S/C24H24N4O5/c1-17-20(26-33-25-17)14-31-21-10-6-5-9-19(21)22(29)27-12-11-24(15-27)16-28(23(30)32-24)13-18-7-3-2-4-8-18/h2-10H,11-16H2,1H3. The molecule has 0 bridgehead atoms. The number of likely N-dealkylation sites (tertiary alicyclic amines) is 1. The van der Waals surface area contributed by atoms with Gasteiger partial charge in [0.15, 0.2) is 5.60 Å². The average Bonchev–Trinajstić information content (AvgIpc) is 3.51. The summed E-state index contributed by atoms with van der Waals surface area (Å²) in [5.41, 5.74) is 2.04. The van der Waals surface area contributed by atoms with E-state index in [4.69, 9.17) is 14.1 Å². The Morgan fingerprint density at radius 1 is 1.09 bits per heavy atom. The number of aromatic nitrogens is 2. The van der Waals surface area contributed by atoms with E-state index in [9.17, 15) is 9.59 Å². The predicted octanol–water partition coefficient (Wildman–Crippen LogP) is 3.19. The van der Waals surface area contributed by atoms with Crippen LogP contribution in [0.3, 0.4) is 0 Å². The van der Waals surface area contributed by atoms with Crippen LogP contribution < -0.4 is 4.74 Å². The van der Waals surface area contributed by atoms with Gasteiger partial charge in [-0.3, -0.25) is 9.69 Å². The summed E-state index contributed by atoms with van der Waals surface area (Å²) < 4.78 is 16.3. The zero-order valence-electron chi connectivity index (χ0n) is 18.3. The Morgan fingerprint density at radius 2 is 1.88 bits per heavy atom. The van der Waals surface area contributed by atoms with E-state index in [0.717, 1.165) is 5.56 Å². The number of benzene rings is 2. The fraction of sp³-hybridized carbons (Fsp3) is 0.333. The number of hydrogen-bond acceptors (Lipinski definition) is 7. The number of ether oxygens (including phenoxy) is 2. The molecule has 2 amide bonds. The molecule has 2 aliphatic rings. The summed E-state index contributed by atoms with van der Waals surface area (Å²) in [7, 11) is 0. The van der Waals surface area contributed by atoms with Gasteiger partial charge in [0, 0.05) is 19.5 Å². The van der Waals surface area contributed by atoms with Gasteiger partial charge in [-0.2, -0.15) is 0 Å². The Morgan fingerprint density at radius 3 is 2.67 bits per heavy atom. The summed E-state index contributed by atoms with van der Waals surface area (Å²) in [4.78, 5) is 29.3. The molecular formula is C24H24N4O5. The van der Waals surface area contributed by atoms with E-state index in [0.29, 0.717) is 55.3 Å². The minimum absolute atomic E-state index is 0.148. The molecule has 0 radical (unpaired) electrons. The highest BCUT2D eigenvalue weighted by Crippen LogP contribution is 2.34. The molecule has 0 saturated carbocycles. The fourth-order valence-corrected chi connectivity index (χ4v) is 4.32. The fourth-order valence-electron chi connectivity index (χ4n) is 4.32. The summed E-state index contributed by atoms with van der Waals surface area (Å²) >= 11 is 0. The summed E-state index contributed by atoms with van der Waals surface area (Å²) in [6.07, 6.45) is 0.260. The second kappa shape index (κ2) is 8.57. The molecule has 170 valence electrons. The van der Waals surface area contributed by atoms with E-state index in [1.807, 2.05) is 36.4 Å². The zero-order valence-corrected chi connectivity index (χ0v) is 18.3. The number of aryl methyl sites for hydroxylation is 1. The van der Waals surface area contributed by atoms with E-state index < -0.39 is 5.60 Å². The Hall–Kier alpha value is -3.88. The number of amides is 2. The quantitative estimate of drug-likeness (QED) is 0.571. The SMILES string of the molecule is Cc1nonc1COc1ccccc1C(=O)N1CCC2(CN(Cc3ccccc3)C(=O)O2)C1. The molecule has 9 nitrogen and oxygen atoms in total. The lowest BCUT2D eigenvalue weighted by atomic mass is 10.0. The van der Waals surface area contributed by atoms with Gasteiger partial charge in [-0.25, -0.2) is 9.42 Å². The average molecular weight is 448 g/mol.